The van der Waals surface area contributed by atoms with Crippen LogP contribution in [0.2, 0.25) is 0 Å². The monoisotopic (exact) mass is 310 g/mol. The molecule has 8 heteroatoms. The zero-order valence-electron chi connectivity index (χ0n) is 11.1. The van der Waals surface area contributed by atoms with Crippen molar-refractivity contribution in [2.75, 3.05) is 0 Å². The molecule has 22 heavy (non-hydrogen) atoms. The maximum Gasteiger partial charge on any atom is 0.339 e. The van der Waals surface area contributed by atoms with Crippen molar-refractivity contribution in [3.05, 3.63) is 48.1 Å². The van der Waals surface area contributed by atoms with Crippen molar-refractivity contribution in [1.82, 2.24) is 0 Å². The summed E-state index contributed by atoms with van der Waals surface area (Å²) in [4.78, 5) is 20.7. The van der Waals surface area contributed by atoms with Gasteiger partial charge in [0.25, 0.3) is 0 Å². The van der Waals surface area contributed by atoms with Crippen LogP contribution in [0.25, 0.3) is 0 Å². The molecule has 0 spiro atoms. The largest absolute Gasteiger partial charge is 0.504 e. The number of allylic oxidation sites excluding steroid dienone is 2. The van der Waals surface area contributed by atoms with Gasteiger partial charge in [0, 0.05) is 0 Å². The van der Waals surface area contributed by atoms with Crippen molar-refractivity contribution in [2.45, 2.75) is 5.79 Å². The van der Waals surface area contributed by atoms with Gasteiger partial charge >= 0.3 is 11.9 Å². The number of rotatable bonds is 2. The van der Waals surface area contributed by atoms with E-state index in [0.29, 0.717) is 0 Å². The number of aliphatic carboxylic acids is 1. The fraction of sp³-hybridized carbons (Fsp3) is 0.143. The van der Waals surface area contributed by atoms with Gasteiger partial charge < -0.3 is 30.6 Å². The smallest absolute Gasteiger partial charge is 0.339 e. The first-order valence-electron chi connectivity index (χ1n) is 5.94. The van der Waals surface area contributed by atoms with Crippen molar-refractivity contribution in [2.24, 2.45) is 5.92 Å². The lowest BCUT2D eigenvalue weighted by Crippen LogP contribution is -2.40. The van der Waals surface area contributed by atoms with Gasteiger partial charge in [-0.05, 0) is 18.2 Å². The normalized spacial score (nSPS) is 18.2. The molecule has 0 saturated heterocycles. The Morgan fingerprint density at radius 2 is 1.68 bits per heavy atom. The van der Waals surface area contributed by atoms with Gasteiger partial charge in [0.05, 0.1) is 0 Å². The first-order valence-corrected chi connectivity index (χ1v) is 5.94. The molecular formula is C14H14O8. The number of aromatic carboxylic acids is 1. The molecule has 0 radical (unpaired) electrons. The zero-order chi connectivity index (χ0) is 16.9. The topological polar surface area (TPSA) is 156 Å². The van der Waals surface area contributed by atoms with Crippen LogP contribution in [0.1, 0.15) is 10.4 Å². The van der Waals surface area contributed by atoms with Crippen LogP contribution in [-0.4, -0.2) is 48.4 Å². The predicted molar refractivity (Wildman–Crippen MR) is 73.3 cm³/mol. The minimum atomic E-state index is -2.25. The molecule has 1 aromatic carbocycles. The molecule has 0 aromatic heterocycles. The van der Waals surface area contributed by atoms with Crippen LogP contribution < -0.4 is 0 Å². The molecule has 0 aliphatic heterocycles. The Hall–Kier alpha value is -2.84. The van der Waals surface area contributed by atoms with Gasteiger partial charge in [-0.3, -0.25) is 4.79 Å². The Bertz CT molecular complexity index is 630. The molecule has 0 saturated carbocycles. The second-order valence-corrected chi connectivity index (χ2v) is 4.32. The van der Waals surface area contributed by atoms with Crippen LogP contribution >= 0.6 is 0 Å². The number of aliphatic hydroxyl groups is 2. The van der Waals surface area contributed by atoms with Gasteiger partial charge in [0.1, 0.15) is 11.5 Å². The summed E-state index contributed by atoms with van der Waals surface area (Å²) in [6.07, 6.45) is 5.11. The highest BCUT2D eigenvalue weighted by atomic mass is 16.5. The third-order valence-electron chi connectivity index (χ3n) is 2.73. The number of carboxylic acids is 2. The Balaban J connectivity index is 0.000000220. The van der Waals surface area contributed by atoms with Crippen molar-refractivity contribution in [1.29, 1.82) is 0 Å². The molecule has 8 nitrogen and oxygen atoms in total. The van der Waals surface area contributed by atoms with E-state index in [-0.39, 0.29) is 5.56 Å². The van der Waals surface area contributed by atoms with Crippen LogP contribution in [0, 0.1) is 5.92 Å². The molecule has 6 N–H and O–H groups in total. The quantitative estimate of drug-likeness (QED) is 0.336. The van der Waals surface area contributed by atoms with Gasteiger partial charge in [0.2, 0.25) is 0 Å². The minimum Gasteiger partial charge on any atom is -0.504 e. The lowest BCUT2D eigenvalue weighted by atomic mass is 9.94. The van der Waals surface area contributed by atoms with Gasteiger partial charge in [0.15, 0.2) is 17.3 Å². The molecule has 0 amide bonds. The second-order valence-electron chi connectivity index (χ2n) is 4.32. The van der Waals surface area contributed by atoms with Crippen LogP contribution in [0.4, 0.5) is 0 Å². The fourth-order valence-corrected chi connectivity index (χ4v) is 1.59. The summed E-state index contributed by atoms with van der Waals surface area (Å²) in [5.41, 5.74) is -0.301. The summed E-state index contributed by atoms with van der Waals surface area (Å²) >= 11 is 0. The molecule has 1 aliphatic rings. The number of phenols is 2. The van der Waals surface area contributed by atoms with Crippen LogP contribution in [0.5, 0.6) is 11.5 Å². The highest BCUT2D eigenvalue weighted by Crippen LogP contribution is 2.27. The molecule has 1 unspecified atom stereocenters. The van der Waals surface area contributed by atoms with Crippen molar-refractivity contribution in [3.63, 3.8) is 0 Å². The van der Waals surface area contributed by atoms with E-state index in [4.69, 9.17) is 30.6 Å². The molecule has 2 rings (SSSR count). The average Bonchev–Trinajstić information content (AvgIpc) is 2.41. The van der Waals surface area contributed by atoms with E-state index in [1.807, 2.05) is 0 Å². The summed E-state index contributed by atoms with van der Waals surface area (Å²) in [5, 5.41) is 52.7. The number of hydrogen-bond acceptors (Lipinski definition) is 6. The highest BCUT2D eigenvalue weighted by molar-refractivity contribution is 5.91. The van der Waals surface area contributed by atoms with Gasteiger partial charge in [-0.15, -0.1) is 0 Å². The number of carboxylic acid groups (broad SMARTS) is 2. The number of para-hydroxylation sites is 1. The van der Waals surface area contributed by atoms with Crippen LogP contribution in [0.3, 0.4) is 0 Å². The lowest BCUT2D eigenvalue weighted by molar-refractivity contribution is -0.176. The maximum atomic E-state index is 10.4. The number of benzene rings is 1. The molecule has 0 bridgehead atoms. The molecule has 0 fully saturated rings. The first kappa shape index (κ1) is 17.2. The second kappa shape index (κ2) is 6.74. The van der Waals surface area contributed by atoms with Crippen molar-refractivity contribution < 1.29 is 40.2 Å². The van der Waals surface area contributed by atoms with E-state index in [9.17, 15) is 9.59 Å². The van der Waals surface area contributed by atoms with Crippen molar-refractivity contribution in [3.8, 4) is 11.5 Å². The minimum absolute atomic E-state index is 0.301. The average molecular weight is 310 g/mol. The first-order chi connectivity index (χ1) is 10.2. The molecular weight excluding hydrogens is 296 g/mol. The Morgan fingerprint density at radius 3 is 2.09 bits per heavy atom. The summed E-state index contributed by atoms with van der Waals surface area (Å²) in [6.45, 7) is 0. The number of phenolic OH excluding ortho intramolecular Hbond substituents is 1. The van der Waals surface area contributed by atoms with E-state index in [0.717, 1.165) is 6.08 Å². The summed E-state index contributed by atoms with van der Waals surface area (Å²) in [5.74, 6) is -7.06. The Kier molecular flexibility index (Phi) is 5.28. The SMILES string of the molecule is O=C(O)C1C=CC=CC1(O)O.O=C(O)c1cccc(O)c1O. The van der Waals surface area contributed by atoms with E-state index >= 15 is 0 Å². The number of hydrogen-bond donors (Lipinski definition) is 6. The number of carbonyl (C=O) groups is 2. The summed E-state index contributed by atoms with van der Waals surface area (Å²) in [7, 11) is 0. The van der Waals surface area contributed by atoms with E-state index in [1.54, 1.807) is 0 Å². The van der Waals surface area contributed by atoms with E-state index < -0.39 is 35.1 Å². The van der Waals surface area contributed by atoms with Gasteiger partial charge in [-0.25, -0.2) is 4.79 Å². The summed E-state index contributed by atoms with van der Waals surface area (Å²) in [6, 6.07) is 3.76. The van der Waals surface area contributed by atoms with Crippen LogP contribution in [0.15, 0.2) is 42.5 Å². The standard InChI is InChI=1S/C7H8O4.C7H6O4/c8-6(9)5-3-1-2-4-7(5,10)11;8-5-3-1-2-4(6(5)9)7(10)11/h1-5,10-11H,(H,8,9);1-3,8-9H,(H,10,11). The van der Waals surface area contributed by atoms with Gasteiger partial charge in [-0.1, -0.05) is 24.3 Å². The molecule has 1 aliphatic carbocycles. The predicted octanol–water partition coefficient (Wildman–Crippen LogP) is 0.290. The third kappa shape index (κ3) is 4.08. The van der Waals surface area contributed by atoms with Gasteiger partial charge in [-0.2, -0.15) is 0 Å². The Morgan fingerprint density at radius 1 is 1.05 bits per heavy atom. The van der Waals surface area contributed by atoms with E-state index in [1.165, 1.54) is 36.4 Å². The number of aromatic hydroxyl groups is 2. The molecule has 0 heterocycles. The third-order valence-corrected chi connectivity index (χ3v) is 2.73. The highest BCUT2D eigenvalue weighted by Gasteiger charge is 2.36. The fourth-order valence-electron chi connectivity index (χ4n) is 1.59. The zero-order valence-corrected chi connectivity index (χ0v) is 11.1. The molecule has 1 atom stereocenters. The van der Waals surface area contributed by atoms with E-state index in [2.05, 4.69) is 0 Å². The van der Waals surface area contributed by atoms with Crippen molar-refractivity contribution >= 4 is 11.9 Å². The lowest BCUT2D eigenvalue weighted by Gasteiger charge is -2.24. The van der Waals surface area contributed by atoms with Crippen LogP contribution in [-0.2, 0) is 4.79 Å². The Labute approximate surface area is 124 Å². The molecule has 1 aromatic rings. The maximum absolute atomic E-state index is 10.4. The summed E-state index contributed by atoms with van der Waals surface area (Å²) < 4.78 is 0. The molecule has 118 valence electrons.